The van der Waals surface area contributed by atoms with Gasteiger partial charge in [-0.2, -0.15) is 5.10 Å². The molecule has 2 fully saturated rings. The molecule has 0 bridgehead atoms. The van der Waals surface area contributed by atoms with Crippen molar-refractivity contribution in [3.8, 4) is 0 Å². The van der Waals surface area contributed by atoms with E-state index in [1.165, 1.54) is 6.42 Å². The van der Waals surface area contributed by atoms with Gasteiger partial charge >= 0.3 is 5.69 Å². The molecule has 2 aliphatic heterocycles. The maximum atomic E-state index is 11.5. The van der Waals surface area contributed by atoms with Crippen LogP contribution in [0.25, 0.3) is 0 Å². The zero-order valence-corrected chi connectivity index (χ0v) is 12.7. The molecule has 7 nitrogen and oxygen atoms in total. The van der Waals surface area contributed by atoms with Gasteiger partial charge in [-0.15, -0.1) is 0 Å². The highest BCUT2D eigenvalue weighted by atomic mass is 16.6. The number of nitrogens with zero attached hydrogens (tertiary/aromatic N) is 4. The van der Waals surface area contributed by atoms with Gasteiger partial charge in [0.1, 0.15) is 5.69 Å². The first-order chi connectivity index (χ1) is 10.1. The Hall–Kier alpha value is -1.63. The predicted octanol–water partition coefficient (Wildman–Crippen LogP) is 1.61. The van der Waals surface area contributed by atoms with Crippen molar-refractivity contribution in [1.82, 2.24) is 15.1 Å². The Labute approximate surface area is 124 Å². The summed E-state index contributed by atoms with van der Waals surface area (Å²) < 4.78 is 1.70. The zero-order valence-electron chi connectivity index (χ0n) is 12.7. The zero-order chi connectivity index (χ0) is 15.0. The highest BCUT2D eigenvalue weighted by molar-refractivity contribution is 5.63. The molecule has 21 heavy (non-hydrogen) atoms. The number of anilines is 1. The lowest BCUT2D eigenvalue weighted by Gasteiger charge is -2.30. The topological polar surface area (TPSA) is 76.2 Å². The van der Waals surface area contributed by atoms with Gasteiger partial charge in [-0.25, -0.2) is 4.68 Å². The molecule has 7 heteroatoms. The lowest BCUT2D eigenvalue weighted by Crippen LogP contribution is -2.44. The summed E-state index contributed by atoms with van der Waals surface area (Å²) in [7, 11) is 1.82. The molecule has 3 heterocycles. The Balaban J connectivity index is 1.98. The summed E-state index contributed by atoms with van der Waals surface area (Å²) in [6.45, 7) is 3.86. The van der Waals surface area contributed by atoms with E-state index in [-0.39, 0.29) is 10.6 Å². The van der Waals surface area contributed by atoms with Crippen molar-refractivity contribution in [2.75, 3.05) is 18.0 Å². The van der Waals surface area contributed by atoms with Gasteiger partial charge in [0.25, 0.3) is 0 Å². The second-order valence-corrected chi connectivity index (χ2v) is 5.96. The lowest BCUT2D eigenvalue weighted by atomic mass is 10.0. The van der Waals surface area contributed by atoms with E-state index in [9.17, 15) is 10.1 Å². The van der Waals surface area contributed by atoms with E-state index in [0.29, 0.717) is 30.0 Å². The van der Waals surface area contributed by atoms with E-state index in [1.54, 1.807) is 4.68 Å². The summed E-state index contributed by atoms with van der Waals surface area (Å²) in [4.78, 5) is 13.5. The first-order valence-corrected chi connectivity index (χ1v) is 7.83. The van der Waals surface area contributed by atoms with Crippen LogP contribution in [0.1, 0.15) is 38.3 Å². The van der Waals surface area contributed by atoms with Gasteiger partial charge in [-0.3, -0.25) is 10.1 Å². The van der Waals surface area contributed by atoms with Crippen molar-refractivity contribution in [3.63, 3.8) is 0 Å². The fourth-order valence-corrected chi connectivity index (χ4v) is 3.82. The van der Waals surface area contributed by atoms with E-state index in [2.05, 4.69) is 15.3 Å². The van der Waals surface area contributed by atoms with Crippen LogP contribution >= 0.6 is 0 Å². The number of aryl methyl sites for hydroxylation is 2. The largest absolute Gasteiger partial charge is 0.347 e. The molecule has 2 saturated heterocycles. The second kappa shape index (κ2) is 5.63. The molecule has 0 saturated carbocycles. The summed E-state index contributed by atoms with van der Waals surface area (Å²) in [5, 5.41) is 19.4. The molecule has 2 atom stereocenters. The smallest absolute Gasteiger partial charge is 0.334 e. The molecular formula is C14H23N5O2. The Morgan fingerprint density at radius 3 is 2.86 bits per heavy atom. The van der Waals surface area contributed by atoms with Gasteiger partial charge in [0, 0.05) is 25.7 Å². The van der Waals surface area contributed by atoms with E-state index in [4.69, 9.17) is 0 Å². The molecule has 0 amide bonds. The molecule has 0 radical (unpaired) electrons. The van der Waals surface area contributed by atoms with E-state index in [1.807, 2.05) is 14.0 Å². The average Bonchev–Trinajstić information content (AvgIpc) is 3.15. The highest BCUT2D eigenvalue weighted by Crippen LogP contribution is 2.37. The highest BCUT2D eigenvalue weighted by Gasteiger charge is 2.39. The third-order valence-corrected chi connectivity index (χ3v) is 4.71. The molecule has 2 unspecified atom stereocenters. The fraction of sp³-hybridized carbons (Fsp3) is 0.786. The second-order valence-electron chi connectivity index (χ2n) is 5.96. The van der Waals surface area contributed by atoms with Gasteiger partial charge in [0.05, 0.1) is 4.92 Å². The molecule has 3 rings (SSSR count). The molecule has 0 aromatic carbocycles. The Morgan fingerprint density at radius 1 is 1.43 bits per heavy atom. The summed E-state index contributed by atoms with van der Waals surface area (Å²) in [6.07, 6.45) is 5.13. The van der Waals surface area contributed by atoms with Gasteiger partial charge in [0.15, 0.2) is 0 Å². The number of hydrogen-bond donors (Lipinski definition) is 1. The van der Waals surface area contributed by atoms with Crippen LogP contribution in [-0.4, -0.2) is 39.9 Å². The quantitative estimate of drug-likeness (QED) is 0.674. The predicted molar refractivity (Wildman–Crippen MR) is 80.6 cm³/mol. The number of hydrogen-bond acceptors (Lipinski definition) is 5. The summed E-state index contributed by atoms with van der Waals surface area (Å²) in [6, 6.07) is 0.804. The number of aromatic nitrogens is 2. The third kappa shape index (κ3) is 2.39. The Bertz CT molecular complexity index is 536. The van der Waals surface area contributed by atoms with E-state index < -0.39 is 0 Å². The molecule has 2 aliphatic rings. The minimum absolute atomic E-state index is 0.199. The minimum Gasteiger partial charge on any atom is -0.347 e. The first kappa shape index (κ1) is 14.3. The van der Waals surface area contributed by atoms with Gasteiger partial charge < -0.3 is 10.2 Å². The van der Waals surface area contributed by atoms with Crippen molar-refractivity contribution in [2.24, 2.45) is 7.05 Å². The van der Waals surface area contributed by atoms with Crippen molar-refractivity contribution in [2.45, 2.75) is 51.1 Å². The Morgan fingerprint density at radius 2 is 2.24 bits per heavy atom. The van der Waals surface area contributed by atoms with Gasteiger partial charge in [-0.05, 0) is 38.6 Å². The normalized spacial score (nSPS) is 25.7. The van der Waals surface area contributed by atoms with Crippen LogP contribution in [0.2, 0.25) is 0 Å². The Kier molecular flexibility index (Phi) is 3.84. The average molecular weight is 293 g/mol. The maximum absolute atomic E-state index is 11.5. The molecule has 1 N–H and O–H groups in total. The maximum Gasteiger partial charge on any atom is 0.334 e. The van der Waals surface area contributed by atoms with Crippen LogP contribution in [0.5, 0.6) is 0 Å². The van der Waals surface area contributed by atoms with Crippen LogP contribution in [0.15, 0.2) is 0 Å². The van der Waals surface area contributed by atoms with Gasteiger partial charge in [0.2, 0.25) is 5.82 Å². The first-order valence-electron chi connectivity index (χ1n) is 7.83. The number of nitro groups is 1. The van der Waals surface area contributed by atoms with E-state index >= 15 is 0 Å². The van der Waals surface area contributed by atoms with Crippen molar-refractivity contribution < 1.29 is 4.92 Å². The molecule has 116 valence electrons. The molecule has 1 aromatic heterocycles. The molecule has 0 aliphatic carbocycles. The van der Waals surface area contributed by atoms with E-state index in [0.717, 1.165) is 32.4 Å². The van der Waals surface area contributed by atoms with Crippen LogP contribution in [0, 0.1) is 10.1 Å². The monoisotopic (exact) mass is 293 g/mol. The minimum atomic E-state index is -0.265. The van der Waals surface area contributed by atoms with Crippen molar-refractivity contribution >= 4 is 11.5 Å². The molecule has 1 aromatic rings. The van der Waals surface area contributed by atoms with Crippen LogP contribution in [0.3, 0.4) is 0 Å². The van der Waals surface area contributed by atoms with Gasteiger partial charge in [-0.1, -0.05) is 6.92 Å². The summed E-state index contributed by atoms with van der Waals surface area (Å²) in [5.41, 5.74) is 0.785. The molecular weight excluding hydrogens is 270 g/mol. The summed E-state index contributed by atoms with van der Waals surface area (Å²) >= 11 is 0. The van der Waals surface area contributed by atoms with Crippen molar-refractivity contribution in [3.05, 3.63) is 15.8 Å². The number of rotatable bonds is 4. The molecule has 0 spiro atoms. The lowest BCUT2D eigenvalue weighted by molar-refractivity contribution is -0.384. The third-order valence-electron chi connectivity index (χ3n) is 4.71. The fourth-order valence-electron chi connectivity index (χ4n) is 3.82. The summed E-state index contributed by atoms with van der Waals surface area (Å²) in [5.74, 6) is 0.688. The standard InChI is InChI=1S/C14H23N5O2/c1-3-10-13(19(20)21)14(17(2)16-10)18-9-5-7-12(18)11-6-4-8-15-11/h11-12,15H,3-9H2,1-2H3. The van der Waals surface area contributed by atoms with Crippen LogP contribution < -0.4 is 10.2 Å². The SMILES string of the molecule is CCc1nn(C)c(N2CCCC2C2CCCN2)c1[N+](=O)[O-]. The van der Waals surface area contributed by atoms with Crippen molar-refractivity contribution in [1.29, 1.82) is 0 Å². The van der Waals surface area contributed by atoms with Crippen LogP contribution in [-0.2, 0) is 13.5 Å². The van der Waals surface area contributed by atoms with Crippen LogP contribution in [0.4, 0.5) is 11.5 Å². The number of nitrogens with one attached hydrogen (secondary N) is 1.